The molecule has 8 nitrogen and oxygen atoms in total. The van der Waals surface area contributed by atoms with E-state index in [9.17, 15) is 9.36 Å². The summed E-state index contributed by atoms with van der Waals surface area (Å²) in [7, 11) is 0. The SMILES string of the molecule is Cc1ccc(CSP(=O)(OCCOCC(=O)OC(C)(C)C)C(Cc2ccccc2)N=[N+]=[N-])cc1. The predicted molar refractivity (Wildman–Crippen MR) is 136 cm³/mol. The van der Waals surface area contributed by atoms with E-state index in [4.69, 9.17) is 19.5 Å². The molecule has 0 saturated heterocycles. The van der Waals surface area contributed by atoms with Crippen LogP contribution in [0.15, 0.2) is 59.7 Å². The molecule has 0 fully saturated rings. The Kier molecular flexibility index (Phi) is 11.2. The molecule has 0 heterocycles. The minimum atomic E-state index is -3.49. The molecule has 2 rings (SSSR count). The number of azide groups is 1. The molecule has 10 heteroatoms. The molecule has 0 radical (unpaired) electrons. The van der Waals surface area contributed by atoms with Crippen molar-refractivity contribution in [3.63, 3.8) is 0 Å². The van der Waals surface area contributed by atoms with Gasteiger partial charge in [0.2, 0.25) is 0 Å². The molecule has 0 bridgehead atoms. The summed E-state index contributed by atoms with van der Waals surface area (Å²) in [5, 5.41) is 3.84. The molecule has 2 aromatic rings. The Morgan fingerprint density at radius 2 is 1.76 bits per heavy atom. The van der Waals surface area contributed by atoms with E-state index in [1.54, 1.807) is 20.8 Å². The van der Waals surface area contributed by atoms with Crippen molar-refractivity contribution in [2.24, 2.45) is 5.11 Å². The second-order valence-corrected chi connectivity index (χ2v) is 13.4. The van der Waals surface area contributed by atoms with Gasteiger partial charge in [0.25, 0.3) is 6.57 Å². The standard InChI is InChI=1S/C24H32N3O5PS/c1-19-10-12-21(13-11-19)18-34-33(29,22(26-27-25)16-20-8-6-5-7-9-20)31-15-14-30-17-23(28)32-24(2,3)4/h5-13,22H,14-18H2,1-4H3. The molecule has 0 N–H and O–H groups in total. The number of hydrogen-bond acceptors (Lipinski definition) is 7. The molecule has 2 aromatic carbocycles. The van der Waals surface area contributed by atoms with Crippen LogP contribution in [0.25, 0.3) is 10.4 Å². The van der Waals surface area contributed by atoms with Crippen molar-refractivity contribution in [1.29, 1.82) is 0 Å². The van der Waals surface area contributed by atoms with Gasteiger partial charge in [-0.3, -0.25) is 4.57 Å². The van der Waals surface area contributed by atoms with Crippen molar-refractivity contribution in [3.05, 3.63) is 81.7 Å². The lowest BCUT2D eigenvalue weighted by Crippen LogP contribution is -2.27. The first-order valence-corrected chi connectivity index (χ1v) is 14.2. The van der Waals surface area contributed by atoms with Crippen LogP contribution in [-0.2, 0) is 35.5 Å². The monoisotopic (exact) mass is 505 g/mol. The van der Waals surface area contributed by atoms with Gasteiger partial charge in [-0.2, -0.15) is 0 Å². The minimum Gasteiger partial charge on any atom is -0.458 e. The third-order valence-corrected chi connectivity index (χ3v) is 9.38. The summed E-state index contributed by atoms with van der Waals surface area (Å²) >= 11 is 1.14. The van der Waals surface area contributed by atoms with Crippen LogP contribution in [0.2, 0.25) is 0 Å². The summed E-state index contributed by atoms with van der Waals surface area (Å²) in [6, 6.07) is 17.3. The van der Waals surface area contributed by atoms with Gasteiger partial charge in [-0.25, -0.2) is 4.79 Å². The third-order valence-electron chi connectivity index (χ3n) is 4.48. The topological polar surface area (TPSA) is 111 Å². The molecule has 0 spiro atoms. The van der Waals surface area contributed by atoms with Gasteiger partial charge in [0, 0.05) is 10.7 Å². The molecule has 184 valence electrons. The Morgan fingerprint density at radius 1 is 1.09 bits per heavy atom. The molecule has 0 aliphatic rings. The van der Waals surface area contributed by atoms with Crippen LogP contribution >= 0.6 is 18.0 Å². The Bertz CT molecular complexity index is 1010. The van der Waals surface area contributed by atoms with Crippen molar-refractivity contribution in [2.75, 3.05) is 19.8 Å². The Morgan fingerprint density at radius 3 is 2.38 bits per heavy atom. The highest BCUT2D eigenvalue weighted by atomic mass is 32.7. The van der Waals surface area contributed by atoms with Crippen LogP contribution < -0.4 is 0 Å². The summed E-state index contributed by atoms with van der Waals surface area (Å²) in [4.78, 5) is 14.7. The smallest absolute Gasteiger partial charge is 0.332 e. The van der Waals surface area contributed by atoms with E-state index in [2.05, 4.69) is 10.0 Å². The minimum absolute atomic E-state index is 0.0206. The van der Waals surface area contributed by atoms with E-state index in [0.29, 0.717) is 5.75 Å². The van der Waals surface area contributed by atoms with Crippen LogP contribution in [0.1, 0.15) is 37.5 Å². The van der Waals surface area contributed by atoms with Gasteiger partial charge in [-0.1, -0.05) is 76.7 Å². The van der Waals surface area contributed by atoms with Crippen molar-refractivity contribution >= 4 is 23.9 Å². The number of rotatable bonds is 13. The highest BCUT2D eigenvalue weighted by Gasteiger charge is 2.35. The Hall–Kier alpha value is -2.28. The van der Waals surface area contributed by atoms with Crippen LogP contribution in [0, 0.1) is 6.92 Å². The number of nitrogens with zero attached hydrogens (tertiary/aromatic N) is 3. The molecular weight excluding hydrogens is 473 g/mol. The maximum atomic E-state index is 14.0. The molecule has 34 heavy (non-hydrogen) atoms. The van der Waals surface area contributed by atoms with Gasteiger partial charge < -0.3 is 14.0 Å². The number of hydrogen-bond donors (Lipinski definition) is 0. The summed E-state index contributed by atoms with van der Waals surface area (Å²) < 4.78 is 30.3. The maximum Gasteiger partial charge on any atom is 0.332 e. The fourth-order valence-corrected chi connectivity index (χ4v) is 7.09. The molecular formula is C24H32N3O5PS. The van der Waals surface area contributed by atoms with Crippen LogP contribution in [0.5, 0.6) is 0 Å². The second kappa shape index (κ2) is 13.6. The molecule has 0 aliphatic heterocycles. The predicted octanol–water partition coefficient (Wildman–Crippen LogP) is 6.68. The first-order valence-electron chi connectivity index (χ1n) is 10.9. The normalized spacial score (nSPS) is 14.0. The summed E-state index contributed by atoms with van der Waals surface area (Å²) in [5.41, 5.74) is 11.6. The summed E-state index contributed by atoms with van der Waals surface area (Å²) in [5.74, 6) is -0.940. The molecule has 0 aromatic heterocycles. The number of carbonyl (C=O) groups is 1. The number of esters is 1. The first-order chi connectivity index (χ1) is 16.1. The molecule has 0 amide bonds. The van der Waals surface area contributed by atoms with Gasteiger partial charge >= 0.3 is 5.97 Å². The highest BCUT2D eigenvalue weighted by molar-refractivity contribution is 8.56. The number of aryl methyl sites for hydroxylation is 1. The van der Waals surface area contributed by atoms with Crippen LogP contribution in [-0.4, -0.2) is 37.2 Å². The van der Waals surface area contributed by atoms with Crippen molar-refractivity contribution in [2.45, 2.75) is 51.3 Å². The van der Waals surface area contributed by atoms with Crippen molar-refractivity contribution < 1.29 is 23.4 Å². The fraction of sp³-hybridized carbons (Fsp3) is 0.458. The van der Waals surface area contributed by atoms with E-state index >= 15 is 0 Å². The van der Waals surface area contributed by atoms with Gasteiger partial charge in [-0.05, 0) is 50.8 Å². The van der Waals surface area contributed by atoms with Gasteiger partial charge in [-0.15, -0.1) is 0 Å². The highest BCUT2D eigenvalue weighted by Crippen LogP contribution is 2.65. The van der Waals surface area contributed by atoms with Crippen molar-refractivity contribution in [3.8, 4) is 0 Å². The van der Waals surface area contributed by atoms with E-state index in [1.807, 2.05) is 61.5 Å². The van der Waals surface area contributed by atoms with Gasteiger partial charge in [0.05, 0.1) is 13.2 Å². The molecule has 0 aliphatic carbocycles. The Balaban J connectivity index is 2.07. The Labute approximate surface area is 205 Å². The molecule has 2 unspecified atom stereocenters. The lowest BCUT2D eigenvalue weighted by molar-refractivity contribution is -0.160. The van der Waals surface area contributed by atoms with Gasteiger partial charge in [0.15, 0.2) is 0 Å². The quantitative estimate of drug-likeness (QED) is 0.0750. The lowest BCUT2D eigenvalue weighted by atomic mass is 10.1. The average Bonchev–Trinajstić information content (AvgIpc) is 2.78. The number of benzene rings is 2. The lowest BCUT2D eigenvalue weighted by Gasteiger charge is -2.24. The summed E-state index contributed by atoms with van der Waals surface area (Å²) in [6.07, 6.45) is 0.280. The zero-order valence-corrected chi connectivity index (χ0v) is 21.8. The van der Waals surface area contributed by atoms with E-state index in [1.165, 1.54) is 0 Å². The zero-order valence-electron chi connectivity index (χ0n) is 20.0. The summed E-state index contributed by atoms with van der Waals surface area (Å²) in [6.45, 7) is 3.63. The zero-order chi connectivity index (χ0) is 25.0. The van der Waals surface area contributed by atoms with Crippen LogP contribution in [0.3, 0.4) is 0 Å². The number of carbonyl (C=O) groups excluding carboxylic acids is 1. The maximum absolute atomic E-state index is 14.0. The molecule has 2 atom stereocenters. The molecule has 0 saturated carbocycles. The fourth-order valence-electron chi connectivity index (χ4n) is 2.91. The van der Waals surface area contributed by atoms with E-state index in [0.717, 1.165) is 28.1 Å². The van der Waals surface area contributed by atoms with Crippen molar-refractivity contribution in [1.82, 2.24) is 0 Å². The largest absolute Gasteiger partial charge is 0.458 e. The second-order valence-electron chi connectivity index (χ2n) is 8.65. The third kappa shape index (κ3) is 10.3. The van der Waals surface area contributed by atoms with Crippen LogP contribution in [0.4, 0.5) is 0 Å². The first kappa shape index (κ1) is 28.0. The number of ether oxygens (including phenoxy) is 2. The van der Waals surface area contributed by atoms with Gasteiger partial charge in [0.1, 0.15) is 18.0 Å². The average molecular weight is 506 g/mol. The van der Waals surface area contributed by atoms with E-state index in [-0.39, 0.29) is 26.2 Å². The van der Waals surface area contributed by atoms with E-state index < -0.39 is 23.9 Å².